The van der Waals surface area contributed by atoms with Crippen LogP contribution in [0.4, 0.5) is 0 Å². The van der Waals surface area contributed by atoms with E-state index in [4.69, 9.17) is 4.52 Å². The molecule has 0 aliphatic heterocycles. The molecule has 5 nitrogen and oxygen atoms in total. The molecule has 0 spiro atoms. The fraction of sp³-hybridized carbons (Fsp3) is 0.211. The Labute approximate surface area is 140 Å². The highest BCUT2D eigenvalue weighted by Crippen LogP contribution is 2.16. The third-order valence-electron chi connectivity index (χ3n) is 3.80. The topological polar surface area (TPSA) is 68.0 Å². The van der Waals surface area contributed by atoms with Crippen LogP contribution in [0.5, 0.6) is 0 Å². The lowest BCUT2D eigenvalue weighted by Crippen LogP contribution is -2.23. The Morgan fingerprint density at radius 2 is 1.75 bits per heavy atom. The number of carbonyl (C=O) groups is 1. The Hall–Kier alpha value is -2.95. The summed E-state index contributed by atoms with van der Waals surface area (Å²) in [4.78, 5) is 16.6. The normalized spacial score (nSPS) is 10.6. The standard InChI is InChI=1S/C19H19N3O2/c1-12-4-7-15(8-5-12)18-21-17(24-22-18)11-20-19(23)16-9-6-13(2)10-14(16)3/h4-10H,11H2,1-3H3,(H,20,23). The Kier molecular flexibility index (Phi) is 4.42. The summed E-state index contributed by atoms with van der Waals surface area (Å²) in [7, 11) is 0. The lowest BCUT2D eigenvalue weighted by Gasteiger charge is -2.06. The van der Waals surface area contributed by atoms with Crippen molar-refractivity contribution in [3.8, 4) is 11.4 Å². The number of amides is 1. The van der Waals surface area contributed by atoms with Crippen molar-refractivity contribution < 1.29 is 9.32 Å². The molecule has 0 atom stereocenters. The number of nitrogens with one attached hydrogen (secondary N) is 1. The third kappa shape index (κ3) is 3.51. The van der Waals surface area contributed by atoms with E-state index < -0.39 is 0 Å². The average molecular weight is 321 g/mol. The van der Waals surface area contributed by atoms with Crippen LogP contribution in [0.2, 0.25) is 0 Å². The van der Waals surface area contributed by atoms with Gasteiger partial charge in [0.15, 0.2) is 0 Å². The number of rotatable bonds is 4. The molecule has 0 aliphatic carbocycles. The number of aromatic nitrogens is 2. The predicted octanol–water partition coefficient (Wildman–Crippen LogP) is 3.59. The maximum atomic E-state index is 12.3. The molecule has 0 aliphatic rings. The number of nitrogens with zero attached hydrogens (tertiary/aromatic N) is 2. The van der Waals surface area contributed by atoms with Crippen LogP contribution < -0.4 is 5.32 Å². The van der Waals surface area contributed by atoms with Gasteiger partial charge in [0.05, 0.1) is 6.54 Å². The fourth-order valence-corrected chi connectivity index (χ4v) is 2.47. The van der Waals surface area contributed by atoms with E-state index in [-0.39, 0.29) is 12.5 Å². The van der Waals surface area contributed by atoms with E-state index in [1.807, 2.05) is 63.2 Å². The molecule has 2 aromatic carbocycles. The largest absolute Gasteiger partial charge is 0.343 e. The first-order chi connectivity index (χ1) is 11.5. The molecule has 1 N–H and O–H groups in total. The van der Waals surface area contributed by atoms with Gasteiger partial charge in [-0.25, -0.2) is 0 Å². The number of hydrogen-bond acceptors (Lipinski definition) is 4. The summed E-state index contributed by atoms with van der Waals surface area (Å²) in [6.45, 7) is 6.14. The number of benzene rings is 2. The fourth-order valence-electron chi connectivity index (χ4n) is 2.47. The summed E-state index contributed by atoms with van der Waals surface area (Å²) in [5, 5.41) is 6.77. The van der Waals surface area contributed by atoms with Gasteiger partial charge in [-0.05, 0) is 32.4 Å². The second kappa shape index (κ2) is 6.66. The van der Waals surface area contributed by atoms with Gasteiger partial charge in [-0.1, -0.05) is 52.7 Å². The molecule has 3 rings (SSSR count). The summed E-state index contributed by atoms with van der Waals surface area (Å²) in [6, 6.07) is 13.6. The van der Waals surface area contributed by atoms with Crippen molar-refractivity contribution in [1.82, 2.24) is 15.5 Å². The monoisotopic (exact) mass is 321 g/mol. The maximum absolute atomic E-state index is 12.3. The van der Waals surface area contributed by atoms with Crippen LogP contribution in [0.1, 0.15) is 32.9 Å². The highest BCUT2D eigenvalue weighted by Gasteiger charge is 2.12. The predicted molar refractivity (Wildman–Crippen MR) is 91.6 cm³/mol. The maximum Gasteiger partial charge on any atom is 0.251 e. The van der Waals surface area contributed by atoms with Gasteiger partial charge in [-0.15, -0.1) is 0 Å². The molecule has 0 saturated heterocycles. The Bertz CT molecular complexity index is 867. The molecule has 1 aromatic heterocycles. The van der Waals surface area contributed by atoms with Gasteiger partial charge in [0, 0.05) is 11.1 Å². The molecule has 122 valence electrons. The van der Waals surface area contributed by atoms with Crippen molar-refractivity contribution in [1.29, 1.82) is 0 Å². The molecule has 0 fully saturated rings. The van der Waals surface area contributed by atoms with Gasteiger partial charge in [0.1, 0.15) is 0 Å². The molecular formula is C19H19N3O2. The molecule has 1 heterocycles. The molecule has 0 radical (unpaired) electrons. The second-order valence-electron chi connectivity index (χ2n) is 5.88. The number of hydrogen-bond donors (Lipinski definition) is 1. The van der Waals surface area contributed by atoms with Crippen molar-refractivity contribution in [3.05, 3.63) is 70.6 Å². The van der Waals surface area contributed by atoms with E-state index in [9.17, 15) is 4.79 Å². The van der Waals surface area contributed by atoms with Crippen LogP contribution in [0.15, 0.2) is 47.0 Å². The van der Waals surface area contributed by atoms with Crippen molar-refractivity contribution >= 4 is 5.91 Å². The van der Waals surface area contributed by atoms with Crippen LogP contribution in [-0.2, 0) is 6.54 Å². The van der Waals surface area contributed by atoms with E-state index in [2.05, 4.69) is 15.5 Å². The Balaban J connectivity index is 1.67. The SMILES string of the molecule is Cc1ccc(-c2noc(CNC(=O)c3ccc(C)cc3C)n2)cc1. The van der Waals surface area contributed by atoms with E-state index >= 15 is 0 Å². The van der Waals surface area contributed by atoms with Gasteiger partial charge in [0.2, 0.25) is 11.7 Å². The van der Waals surface area contributed by atoms with Crippen molar-refractivity contribution in [2.24, 2.45) is 0 Å². The minimum Gasteiger partial charge on any atom is -0.343 e. The molecule has 24 heavy (non-hydrogen) atoms. The zero-order valence-electron chi connectivity index (χ0n) is 14.0. The minimum atomic E-state index is -0.150. The number of carbonyl (C=O) groups excluding carboxylic acids is 1. The van der Waals surface area contributed by atoms with E-state index in [0.29, 0.717) is 17.3 Å². The molecule has 0 unspecified atom stereocenters. The van der Waals surface area contributed by atoms with Crippen molar-refractivity contribution in [2.75, 3.05) is 0 Å². The van der Waals surface area contributed by atoms with E-state index in [0.717, 1.165) is 16.7 Å². The molecule has 0 saturated carbocycles. The zero-order chi connectivity index (χ0) is 17.1. The quantitative estimate of drug-likeness (QED) is 0.797. The Morgan fingerprint density at radius 3 is 2.46 bits per heavy atom. The van der Waals surface area contributed by atoms with Crippen LogP contribution >= 0.6 is 0 Å². The van der Waals surface area contributed by atoms with Gasteiger partial charge in [-0.3, -0.25) is 4.79 Å². The minimum absolute atomic E-state index is 0.150. The second-order valence-corrected chi connectivity index (χ2v) is 5.88. The van der Waals surface area contributed by atoms with Gasteiger partial charge in [-0.2, -0.15) is 4.98 Å². The van der Waals surface area contributed by atoms with Gasteiger partial charge >= 0.3 is 0 Å². The first-order valence-electron chi connectivity index (χ1n) is 7.78. The summed E-state index contributed by atoms with van der Waals surface area (Å²) >= 11 is 0. The van der Waals surface area contributed by atoms with Crippen LogP contribution in [0.3, 0.4) is 0 Å². The van der Waals surface area contributed by atoms with Crippen LogP contribution in [0, 0.1) is 20.8 Å². The lowest BCUT2D eigenvalue weighted by atomic mass is 10.1. The summed E-state index contributed by atoms with van der Waals surface area (Å²) in [6.07, 6.45) is 0. The lowest BCUT2D eigenvalue weighted by molar-refractivity contribution is 0.0945. The van der Waals surface area contributed by atoms with Gasteiger partial charge < -0.3 is 9.84 Å². The molecule has 5 heteroatoms. The molecule has 1 amide bonds. The highest BCUT2D eigenvalue weighted by molar-refractivity contribution is 5.95. The van der Waals surface area contributed by atoms with Crippen LogP contribution in [0.25, 0.3) is 11.4 Å². The summed E-state index contributed by atoms with van der Waals surface area (Å²) in [5.41, 5.74) is 4.78. The zero-order valence-corrected chi connectivity index (χ0v) is 14.0. The van der Waals surface area contributed by atoms with E-state index in [1.54, 1.807) is 0 Å². The van der Waals surface area contributed by atoms with E-state index in [1.165, 1.54) is 5.56 Å². The van der Waals surface area contributed by atoms with Crippen molar-refractivity contribution in [2.45, 2.75) is 27.3 Å². The smallest absolute Gasteiger partial charge is 0.251 e. The molecule has 3 aromatic rings. The third-order valence-corrected chi connectivity index (χ3v) is 3.80. The number of aryl methyl sites for hydroxylation is 3. The first-order valence-corrected chi connectivity index (χ1v) is 7.78. The molecular weight excluding hydrogens is 302 g/mol. The molecule has 0 bridgehead atoms. The summed E-state index contributed by atoms with van der Waals surface area (Å²) in [5.74, 6) is 0.747. The van der Waals surface area contributed by atoms with Crippen molar-refractivity contribution in [3.63, 3.8) is 0 Å². The summed E-state index contributed by atoms with van der Waals surface area (Å²) < 4.78 is 5.21. The Morgan fingerprint density at radius 1 is 1.04 bits per heavy atom. The highest BCUT2D eigenvalue weighted by atomic mass is 16.5. The average Bonchev–Trinajstić information content (AvgIpc) is 3.02. The van der Waals surface area contributed by atoms with Gasteiger partial charge in [0.25, 0.3) is 5.91 Å². The first kappa shape index (κ1) is 15.9. The van der Waals surface area contributed by atoms with Crippen LogP contribution in [-0.4, -0.2) is 16.0 Å².